The molecule has 0 aliphatic rings. The summed E-state index contributed by atoms with van der Waals surface area (Å²) in [6.45, 7) is 3.65. The number of carboxylic acids is 1. The molecule has 1 amide bonds. The first-order valence-electron chi connectivity index (χ1n) is 9.32. The first-order valence-corrected chi connectivity index (χ1v) is 9.32. The van der Waals surface area contributed by atoms with Crippen LogP contribution < -0.4 is 21.3 Å². The number of aromatic amines is 1. The highest BCUT2D eigenvalue weighted by atomic mass is 16.5. The monoisotopic (exact) mass is 411 g/mol. The van der Waals surface area contributed by atoms with E-state index in [1.807, 2.05) is 13.8 Å². The van der Waals surface area contributed by atoms with Crippen LogP contribution in [0.2, 0.25) is 0 Å². The topological polar surface area (TPSA) is 130 Å². The molecular formula is C21H21N3O6. The predicted molar refractivity (Wildman–Crippen MR) is 111 cm³/mol. The van der Waals surface area contributed by atoms with Crippen molar-refractivity contribution in [2.24, 2.45) is 0 Å². The first kappa shape index (κ1) is 20.8. The summed E-state index contributed by atoms with van der Waals surface area (Å²) in [4.78, 5) is 50.2. The molecule has 0 atom stereocenters. The van der Waals surface area contributed by atoms with Crippen LogP contribution in [0.15, 0.2) is 52.1 Å². The van der Waals surface area contributed by atoms with Gasteiger partial charge in [-0.1, -0.05) is 12.1 Å². The summed E-state index contributed by atoms with van der Waals surface area (Å²) < 4.78 is 6.95. The number of anilines is 1. The fraction of sp³-hybridized carbons (Fsp3) is 0.238. The van der Waals surface area contributed by atoms with Gasteiger partial charge in [0.05, 0.1) is 28.3 Å². The van der Waals surface area contributed by atoms with E-state index < -0.39 is 23.1 Å². The Morgan fingerprint density at radius 2 is 1.90 bits per heavy atom. The quantitative estimate of drug-likeness (QED) is 0.546. The number of nitrogens with one attached hydrogen (secondary N) is 2. The van der Waals surface area contributed by atoms with E-state index in [2.05, 4.69) is 10.3 Å². The maximum Gasteiger partial charge on any atom is 0.335 e. The number of fused-ring (bicyclic) bond motifs is 1. The lowest BCUT2D eigenvalue weighted by Crippen LogP contribution is -2.31. The molecule has 0 unspecified atom stereocenters. The van der Waals surface area contributed by atoms with Gasteiger partial charge in [0.2, 0.25) is 5.91 Å². The summed E-state index contributed by atoms with van der Waals surface area (Å²) in [5.74, 6) is -1.23. The Balaban J connectivity index is 1.83. The molecule has 0 saturated carbocycles. The van der Waals surface area contributed by atoms with Crippen molar-refractivity contribution in [2.45, 2.75) is 32.9 Å². The number of aromatic nitrogens is 2. The second kappa shape index (κ2) is 8.64. The molecule has 0 fully saturated rings. The first-order chi connectivity index (χ1) is 14.3. The van der Waals surface area contributed by atoms with Gasteiger partial charge in [0.25, 0.3) is 5.56 Å². The average Bonchev–Trinajstić information content (AvgIpc) is 2.68. The third-order valence-electron chi connectivity index (χ3n) is 4.33. The highest BCUT2D eigenvalue weighted by Crippen LogP contribution is 2.27. The molecule has 0 aliphatic carbocycles. The summed E-state index contributed by atoms with van der Waals surface area (Å²) >= 11 is 0. The summed E-state index contributed by atoms with van der Waals surface area (Å²) in [6.07, 6.45) is -0.253. The number of hydrogen-bond acceptors (Lipinski definition) is 5. The predicted octanol–water partition coefficient (Wildman–Crippen LogP) is 2.20. The smallest absolute Gasteiger partial charge is 0.335 e. The molecular weight excluding hydrogens is 390 g/mol. The maximum absolute atomic E-state index is 12.5. The molecule has 9 heteroatoms. The zero-order valence-electron chi connectivity index (χ0n) is 16.5. The van der Waals surface area contributed by atoms with Crippen molar-refractivity contribution >= 4 is 28.5 Å². The van der Waals surface area contributed by atoms with Gasteiger partial charge < -0.3 is 15.2 Å². The molecule has 30 heavy (non-hydrogen) atoms. The maximum atomic E-state index is 12.5. The molecule has 0 aliphatic heterocycles. The Bertz CT molecular complexity index is 1230. The molecule has 0 saturated heterocycles. The molecule has 0 radical (unpaired) electrons. The van der Waals surface area contributed by atoms with E-state index in [4.69, 9.17) is 4.74 Å². The number of ether oxygens (including phenoxy) is 1. The highest BCUT2D eigenvalue weighted by Gasteiger charge is 2.14. The Morgan fingerprint density at radius 1 is 1.17 bits per heavy atom. The minimum absolute atomic E-state index is 0.00394. The number of carbonyl (C=O) groups excluding carboxylic acids is 1. The average molecular weight is 411 g/mol. The number of H-pyrrole nitrogens is 1. The van der Waals surface area contributed by atoms with Crippen LogP contribution in [-0.2, 0) is 11.3 Å². The van der Waals surface area contributed by atoms with Crippen molar-refractivity contribution in [3.63, 3.8) is 0 Å². The third-order valence-corrected chi connectivity index (χ3v) is 4.33. The van der Waals surface area contributed by atoms with Crippen molar-refractivity contribution in [1.29, 1.82) is 0 Å². The normalized spacial score (nSPS) is 10.9. The Morgan fingerprint density at radius 3 is 2.60 bits per heavy atom. The van der Waals surface area contributed by atoms with Gasteiger partial charge in [-0.25, -0.2) is 9.59 Å². The zero-order valence-corrected chi connectivity index (χ0v) is 16.5. The second-order valence-electron chi connectivity index (χ2n) is 6.91. The van der Waals surface area contributed by atoms with Gasteiger partial charge >= 0.3 is 11.7 Å². The number of nitrogens with zero attached hydrogens (tertiary/aromatic N) is 1. The summed E-state index contributed by atoms with van der Waals surface area (Å²) in [5, 5.41) is 12.2. The molecule has 1 aromatic heterocycles. The minimum atomic E-state index is -1.13. The SMILES string of the molecule is CC(C)Oc1ccc(C(=O)O)cc1NC(=O)CCn1c(=O)[nH]c(=O)c2ccccc21. The van der Waals surface area contributed by atoms with Crippen LogP contribution in [0.4, 0.5) is 5.69 Å². The third kappa shape index (κ3) is 4.57. The molecule has 3 rings (SSSR count). The Labute approximate surface area is 170 Å². The second-order valence-corrected chi connectivity index (χ2v) is 6.91. The van der Waals surface area contributed by atoms with Crippen molar-refractivity contribution in [2.75, 3.05) is 5.32 Å². The lowest BCUT2D eigenvalue weighted by Gasteiger charge is -2.16. The molecule has 3 aromatic rings. The number of hydrogen-bond donors (Lipinski definition) is 3. The van der Waals surface area contributed by atoms with E-state index in [1.165, 1.54) is 22.8 Å². The van der Waals surface area contributed by atoms with Crippen molar-refractivity contribution in [1.82, 2.24) is 9.55 Å². The standard InChI is InChI=1S/C21H21N3O6/c1-12(2)30-17-8-7-13(20(27)28)11-15(17)22-18(25)9-10-24-16-6-4-3-5-14(16)19(26)23-21(24)29/h3-8,11-12H,9-10H2,1-2H3,(H,22,25)(H,27,28)(H,23,26,29). The Hall–Kier alpha value is -3.88. The number of benzene rings is 2. The van der Waals surface area contributed by atoms with Gasteiger partial charge in [-0.3, -0.25) is 19.1 Å². The molecule has 1 heterocycles. The van der Waals surface area contributed by atoms with Gasteiger partial charge in [-0.05, 0) is 44.2 Å². The van der Waals surface area contributed by atoms with Gasteiger partial charge in [-0.15, -0.1) is 0 Å². The number of para-hydroxylation sites is 1. The van der Waals surface area contributed by atoms with Crippen molar-refractivity contribution in [3.05, 3.63) is 68.9 Å². The summed E-state index contributed by atoms with van der Waals surface area (Å²) in [5.41, 5.74) is -0.437. The van der Waals surface area contributed by atoms with Gasteiger partial charge in [-0.2, -0.15) is 0 Å². The largest absolute Gasteiger partial charge is 0.489 e. The van der Waals surface area contributed by atoms with E-state index in [9.17, 15) is 24.3 Å². The molecule has 0 spiro atoms. The number of rotatable bonds is 7. The van der Waals surface area contributed by atoms with Crippen LogP contribution in [-0.4, -0.2) is 32.6 Å². The van der Waals surface area contributed by atoms with Crippen LogP contribution in [0, 0.1) is 0 Å². The number of aryl methyl sites for hydroxylation is 1. The number of aromatic carboxylic acids is 1. The van der Waals surface area contributed by atoms with Gasteiger partial charge in [0.15, 0.2) is 0 Å². The van der Waals surface area contributed by atoms with Gasteiger partial charge in [0, 0.05) is 13.0 Å². The Kier molecular flexibility index (Phi) is 6.01. The number of carboxylic acid groups (broad SMARTS) is 1. The van der Waals surface area contributed by atoms with Crippen molar-refractivity contribution < 1.29 is 19.4 Å². The number of amides is 1. The van der Waals surface area contributed by atoms with E-state index in [0.29, 0.717) is 16.7 Å². The fourth-order valence-corrected chi connectivity index (χ4v) is 3.01. The van der Waals surface area contributed by atoms with E-state index in [0.717, 1.165) is 0 Å². The van der Waals surface area contributed by atoms with E-state index in [-0.39, 0.29) is 30.3 Å². The van der Waals surface area contributed by atoms with E-state index >= 15 is 0 Å². The van der Waals surface area contributed by atoms with Crippen LogP contribution >= 0.6 is 0 Å². The summed E-state index contributed by atoms with van der Waals surface area (Å²) in [6, 6.07) is 10.8. The molecule has 3 N–H and O–H groups in total. The fourth-order valence-electron chi connectivity index (χ4n) is 3.01. The molecule has 9 nitrogen and oxygen atoms in total. The van der Waals surface area contributed by atoms with Gasteiger partial charge in [0.1, 0.15) is 5.75 Å². The number of carbonyl (C=O) groups is 2. The zero-order chi connectivity index (χ0) is 21.8. The van der Waals surface area contributed by atoms with Crippen molar-refractivity contribution in [3.8, 4) is 5.75 Å². The van der Waals surface area contributed by atoms with Crippen LogP contribution in [0.5, 0.6) is 5.75 Å². The van der Waals surface area contributed by atoms with Crippen LogP contribution in [0.3, 0.4) is 0 Å². The van der Waals surface area contributed by atoms with E-state index in [1.54, 1.807) is 24.3 Å². The lowest BCUT2D eigenvalue weighted by molar-refractivity contribution is -0.116. The summed E-state index contributed by atoms with van der Waals surface area (Å²) in [7, 11) is 0. The molecule has 156 valence electrons. The highest BCUT2D eigenvalue weighted by molar-refractivity contribution is 5.95. The molecule has 2 aromatic carbocycles. The minimum Gasteiger partial charge on any atom is -0.489 e. The lowest BCUT2D eigenvalue weighted by atomic mass is 10.1. The van der Waals surface area contributed by atoms with Crippen LogP contribution in [0.1, 0.15) is 30.6 Å². The van der Waals surface area contributed by atoms with Crippen LogP contribution in [0.25, 0.3) is 10.9 Å². The molecule has 0 bridgehead atoms.